The Hall–Kier alpha value is -4.52. The number of aryl methyl sites for hydroxylation is 2. The maximum atomic E-state index is 11.1. The second-order valence-corrected chi connectivity index (χ2v) is 9.80. The molecule has 4 aromatic heterocycles. The van der Waals surface area contributed by atoms with Crippen molar-refractivity contribution in [2.24, 2.45) is 5.73 Å². The third kappa shape index (κ3) is 5.51. The number of hydrogen-bond donors (Lipinski definition) is 2. The minimum atomic E-state index is -0.749. The van der Waals surface area contributed by atoms with E-state index >= 15 is 0 Å². The van der Waals surface area contributed by atoms with Gasteiger partial charge in [0.2, 0.25) is 0 Å². The Morgan fingerprint density at radius 3 is 2.49 bits per heavy atom. The summed E-state index contributed by atoms with van der Waals surface area (Å²) in [7, 11) is 0. The molecule has 0 saturated carbocycles. The van der Waals surface area contributed by atoms with Crippen LogP contribution >= 0.6 is 0 Å². The number of H-pyrrole nitrogens is 1. The topological polar surface area (TPSA) is 107 Å². The predicted molar refractivity (Wildman–Crippen MR) is 146 cm³/mol. The van der Waals surface area contributed by atoms with Gasteiger partial charge in [-0.15, -0.1) is 0 Å². The number of carbonyl (C=O) groups is 1. The minimum Gasteiger partial charge on any atom is -0.444 e. The number of ether oxygens (including phenoxy) is 1. The second kappa shape index (κ2) is 9.85. The van der Waals surface area contributed by atoms with E-state index in [-0.39, 0.29) is 0 Å². The van der Waals surface area contributed by atoms with Crippen LogP contribution in [0.25, 0.3) is 44.7 Å². The van der Waals surface area contributed by atoms with Crippen molar-refractivity contribution in [1.82, 2.24) is 19.9 Å². The molecule has 7 nitrogen and oxygen atoms in total. The molecule has 3 N–H and O–H groups in total. The summed E-state index contributed by atoms with van der Waals surface area (Å²) in [6.07, 6.45) is 6.37. The summed E-state index contributed by atoms with van der Waals surface area (Å²) in [5.74, 6) is 0. The maximum Gasteiger partial charge on any atom is 0.405 e. The first-order valence-electron chi connectivity index (χ1n) is 12.2. The number of nitrogens with one attached hydrogen (secondary N) is 1. The van der Waals surface area contributed by atoms with E-state index in [1.54, 1.807) is 0 Å². The standard InChI is InChI=1S/C30H29N5O2/c1-19-5-4-6-26(34-19)27-16-25(24-12-14-33-28(24)35-27)23-15-22(17-32-18-23)21-9-7-20(8-10-21)11-13-30(2,3)37-29(31)36/h4-10,12,14-18H,11,13H2,1-3H3,(H2,31,36)(H,33,35). The summed E-state index contributed by atoms with van der Waals surface area (Å²) < 4.78 is 5.19. The van der Waals surface area contributed by atoms with Crippen LogP contribution < -0.4 is 5.73 Å². The number of aromatic amines is 1. The molecule has 0 atom stereocenters. The van der Waals surface area contributed by atoms with Crippen LogP contribution in [-0.2, 0) is 11.2 Å². The highest BCUT2D eigenvalue weighted by atomic mass is 16.6. The molecule has 0 fully saturated rings. The molecule has 4 heterocycles. The molecule has 5 aromatic rings. The van der Waals surface area contributed by atoms with E-state index in [9.17, 15) is 4.79 Å². The zero-order chi connectivity index (χ0) is 26.0. The van der Waals surface area contributed by atoms with Crippen molar-refractivity contribution in [3.63, 3.8) is 0 Å². The fourth-order valence-corrected chi connectivity index (χ4v) is 4.47. The van der Waals surface area contributed by atoms with Gasteiger partial charge >= 0.3 is 6.09 Å². The van der Waals surface area contributed by atoms with Crippen molar-refractivity contribution >= 4 is 17.1 Å². The molecule has 0 unspecified atom stereocenters. The molecule has 0 bridgehead atoms. The number of nitrogens with two attached hydrogens (primary N) is 1. The summed E-state index contributed by atoms with van der Waals surface area (Å²) >= 11 is 0. The predicted octanol–water partition coefficient (Wildman–Crippen LogP) is 6.47. The van der Waals surface area contributed by atoms with E-state index in [4.69, 9.17) is 15.5 Å². The number of hydrogen-bond acceptors (Lipinski definition) is 5. The zero-order valence-electron chi connectivity index (χ0n) is 21.2. The Morgan fingerprint density at radius 2 is 1.73 bits per heavy atom. The number of pyridine rings is 3. The van der Waals surface area contributed by atoms with E-state index in [2.05, 4.69) is 51.4 Å². The van der Waals surface area contributed by atoms with Gasteiger partial charge in [0.15, 0.2) is 0 Å². The Kier molecular flexibility index (Phi) is 6.44. The first-order chi connectivity index (χ1) is 17.8. The van der Waals surface area contributed by atoms with E-state index in [0.29, 0.717) is 6.42 Å². The molecule has 0 aliphatic heterocycles. The number of rotatable bonds is 7. The van der Waals surface area contributed by atoms with Gasteiger partial charge in [0.1, 0.15) is 11.2 Å². The van der Waals surface area contributed by atoms with Crippen molar-refractivity contribution in [1.29, 1.82) is 0 Å². The number of nitrogens with zero attached hydrogens (tertiary/aromatic N) is 3. The van der Waals surface area contributed by atoms with Gasteiger partial charge in [-0.3, -0.25) is 9.97 Å². The zero-order valence-corrected chi connectivity index (χ0v) is 21.2. The fourth-order valence-electron chi connectivity index (χ4n) is 4.47. The quantitative estimate of drug-likeness (QED) is 0.271. The summed E-state index contributed by atoms with van der Waals surface area (Å²) in [6, 6.07) is 20.6. The van der Waals surface area contributed by atoms with Crippen molar-refractivity contribution in [2.75, 3.05) is 0 Å². The lowest BCUT2D eigenvalue weighted by atomic mass is 9.96. The molecule has 0 aliphatic rings. The molecule has 5 rings (SSSR count). The molecular weight excluding hydrogens is 462 g/mol. The summed E-state index contributed by atoms with van der Waals surface area (Å²) in [5.41, 5.74) is 13.3. The SMILES string of the molecule is Cc1cccc(-c2cc(-c3cncc(-c4ccc(CCC(C)(C)OC(N)=O)cc4)c3)c3cc[nH]c3n2)n1. The highest BCUT2D eigenvalue weighted by Crippen LogP contribution is 2.33. The van der Waals surface area contributed by atoms with Gasteiger partial charge in [0, 0.05) is 40.8 Å². The minimum absolute atomic E-state index is 0.607. The van der Waals surface area contributed by atoms with Crippen LogP contribution in [0.15, 0.2) is 79.3 Å². The third-order valence-electron chi connectivity index (χ3n) is 6.41. The molecule has 0 radical (unpaired) electrons. The van der Waals surface area contributed by atoms with Gasteiger partial charge in [0.05, 0.1) is 11.4 Å². The lowest BCUT2D eigenvalue weighted by molar-refractivity contribution is 0.0394. The lowest BCUT2D eigenvalue weighted by Gasteiger charge is -2.23. The molecule has 0 aliphatic carbocycles. The third-order valence-corrected chi connectivity index (χ3v) is 6.41. The Bertz CT molecular complexity index is 1570. The number of benzene rings is 1. The average molecular weight is 492 g/mol. The molecule has 0 spiro atoms. The first kappa shape index (κ1) is 24.2. The molecule has 186 valence electrons. The molecule has 7 heteroatoms. The van der Waals surface area contributed by atoms with Gasteiger partial charge in [-0.1, -0.05) is 30.3 Å². The van der Waals surface area contributed by atoms with Crippen molar-refractivity contribution in [2.45, 2.75) is 39.2 Å². The lowest BCUT2D eigenvalue weighted by Crippen LogP contribution is -2.31. The maximum absolute atomic E-state index is 11.1. The van der Waals surface area contributed by atoms with Gasteiger partial charge in [-0.05, 0) is 80.6 Å². The first-order valence-corrected chi connectivity index (χ1v) is 12.2. The number of carbonyl (C=O) groups excluding carboxylic acids is 1. The summed E-state index contributed by atoms with van der Waals surface area (Å²) in [4.78, 5) is 28.4. The van der Waals surface area contributed by atoms with Crippen LogP contribution in [0.1, 0.15) is 31.5 Å². The Morgan fingerprint density at radius 1 is 0.946 bits per heavy atom. The average Bonchev–Trinajstić information content (AvgIpc) is 3.35. The van der Waals surface area contributed by atoms with Gasteiger partial charge in [-0.2, -0.15) is 0 Å². The van der Waals surface area contributed by atoms with Gasteiger partial charge in [-0.25, -0.2) is 9.78 Å². The van der Waals surface area contributed by atoms with Crippen LogP contribution in [0, 0.1) is 6.92 Å². The van der Waals surface area contributed by atoms with Crippen molar-refractivity contribution in [3.8, 4) is 33.6 Å². The molecule has 37 heavy (non-hydrogen) atoms. The Balaban J connectivity index is 1.43. The number of amides is 1. The number of aromatic nitrogens is 4. The summed E-state index contributed by atoms with van der Waals surface area (Å²) in [5, 5.41) is 1.03. The van der Waals surface area contributed by atoms with E-state index in [1.165, 1.54) is 0 Å². The highest BCUT2D eigenvalue weighted by Gasteiger charge is 2.21. The smallest absolute Gasteiger partial charge is 0.405 e. The van der Waals surface area contributed by atoms with Crippen LogP contribution in [0.2, 0.25) is 0 Å². The molecule has 0 saturated heterocycles. The Labute approximate surface area is 215 Å². The van der Waals surface area contributed by atoms with E-state index in [0.717, 1.165) is 62.4 Å². The molecule has 1 amide bonds. The van der Waals surface area contributed by atoms with Crippen LogP contribution in [0.4, 0.5) is 4.79 Å². The van der Waals surface area contributed by atoms with Crippen LogP contribution in [0.5, 0.6) is 0 Å². The van der Waals surface area contributed by atoms with Gasteiger partial charge < -0.3 is 15.5 Å². The fraction of sp³-hybridized carbons (Fsp3) is 0.200. The van der Waals surface area contributed by atoms with Crippen LogP contribution in [-0.4, -0.2) is 31.6 Å². The number of primary amides is 1. The van der Waals surface area contributed by atoms with E-state index in [1.807, 2.05) is 63.6 Å². The van der Waals surface area contributed by atoms with Crippen molar-refractivity contribution < 1.29 is 9.53 Å². The van der Waals surface area contributed by atoms with Gasteiger partial charge in [0.25, 0.3) is 0 Å². The van der Waals surface area contributed by atoms with E-state index < -0.39 is 11.7 Å². The monoisotopic (exact) mass is 491 g/mol. The highest BCUT2D eigenvalue weighted by molar-refractivity contribution is 5.95. The second-order valence-electron chi connectivity index (χ2n) is 9.80. The normalized spacial score (nSPS) is 11.5. The van der Waals surface area contributed by atoms with Crippen molar-refractivity contribution in [3.05, 3.63) is 90.5 Å². The summed E-state index contributed by atoms with van der Waals surface area (Å²) in [6.45, 7) is 5.71. The molecular formula is C30H29N5O2. The van der Waals surface area contributed by atoms with Crippen LogP contribution in [0.3, 0.4) is 0 Å². The largest absolute Gasteiger partial charge is 0.444 e. The molecule has 1 aromatic carbocycles. The number of fused-ring (bicyclic) bond motifs is 1.